The number of carbonyl (C=O) groups is 1. The summed E-state index contributed by atoms with van der Waals surface area (Å²) in [5.41, 5.74) is 2.37. The summed E-state index contributed by atoms with van der Waals surface area (Å²) in [5, 5.41) is 6.01. The molecule has 0 aliphatic rings. The Morgan fingerprint density at radius 2 is 1.90 bits per heavy atom. The zero-order valence-electron chi connectivity index (χ0n) is 12.3. The SMILES string of the molecule is CC/C=C(/C)C(=O)Nc1ccc(Nc2ccccc2)nc1. The van der Waals surface area contributed by atoms with Crippen molar-refractivity contribution in [2.75, 3.05) is 10.6 Å². The Labute approximate surface area is 124 Å². The number of hydrogen-bond donors (Lipinski definition) is 2. The van der Waals surface area contributed by atoms with Crippen LogP contribution in [-0.4, -0.2) is 10.9 Å². The summed E-state index contributed by atoms with van der Waals surface area (Å²) in [5.74, 6) is 0.641. The number of benzene rings is 1. The first-order chi connectivity index (χ1) is 10.2. The lowest BCUT2D eigenvalue weighted by molar-refractivity contribution is -0.112. The summed E-state index contributed by atoms with van der Waals surface area (Å²) in [6.45, 7) is 3.81. The van der Waals surface area contributed by atoms with E-state index in [-0.39, 0.29) is 5.91 Å². The molecule has 1 amide bonds. The molecule has 0 atom stereocenters. The number of aromatic nitrogens is 1. The highest BCUT2D eigenvalue weighted by Gasteiger charge is 2.04. The van der Waals surface area contributed by atoms with Gasteiger partial charge in [0.25, 0.3) is 5.91 Å². The van der Waals surface area contributed by atoms with Crippen molar-refractivity contribution in [1.29, 1.82) is 0 Å². The third kappa shape index (κ3) is 4.45. The molecule has 1 aromatic heterocycles. The quantitative estimate of drug-likeness (QED) is 0.810. The van der Waals surface area contributed by atoms with E-state index in [9.17, 15) is 4.79 Å². The second-order valence-corrected chi connectivity index (χ2v) is 4.67. The number of rotatable bonds is 5. The lowest BCUT2D eigenvalue weighted by Gasteiger charge is -2.08. The average molecular weight is 281 g/mol. The molecule has 1 heterocycles. The van der Waals surface area contributed by atoms with E-state index in [4.69, 9.17) is 0 Å². The van der Waals surface area contributed by atoms with Crippen molar-refractivity contribution in [1.82, 2.24) is 4.98 Å². The lowest BCUT2D eigenvalue weighted by atomic mass is 10.2. The van der Waals surface area contributed by atoms with E-state index in [2.05, 4.69) is 15.6 Å². The second kappa shape index (κ2) is 7.24. The number of anilines is 3. The smallest absolute Gasteiger partial charge is 0.251 e. The van der Waals surface area contributed by atoms with Gasteiger partial charge in [-0.25, -0.2) is 4.98 Å². The summed E-state index contributed by atoms with van der Waals surface area (Å²) in [4.78, 5) is 16.1. The van der Waals surface area contributed by atoms with Crippen molar-refractivity contribution < 1.29 is 4.79 Å². The van der Waals surface area contributed by atoms with Gasteiger partial charge in [-0.1, -0.05) is 31.2 Å². The van der Waals surface area contributed by atoms with E-state index in [0.29, 0.717) is 11.3 Å². The topological polar surface area (TPSA) is 54.0 Å². The van der Waals surface area contributed by atoms with Gasteiger partial charge >= 0.3 is 0 Å². The van der Waals surface area contributed by atoms with Gasteiger partial charge in [0.2, 0.25) is 0 Å². The van der Waals surface area contributed by atoms with E-state index in [1.54, 1.807) is 13.1 Å². The molecule has 0 bridgehead atoms. The van der Waals surface area contributed by atoms with Crippen LogP contribution in [0.25, 0.3) is 0 Å². The van der Waals surface area contributed by atoms with Gasteiger partial charge in [0.15, 0.2) is 0 Å². The third-order valence-corrected chi connectivity index (χ3v) is 2.94. The maximum Gasteiger partial charge on any atom is 0.251 e. The zero-order valence-corrected chi connectivity index (χ0v) is 12.3. The molecule has 4 nitrogen and oxygen atoms in total. The molecule has 0 aliphatic heterocycles. The van der Waals surface area contributed by atoms with Crippen LogP contribution in [0, 0.1) is 0 Å². The molecule has 2 rings (SSSR count). The second-order valence-electron chi connectivity index (χ2n) is 4.67. The number of amides is 1. The van der Waals surface area contributed by atoms with Crippen LogP contribution in [0.15, 0.2) is 60.3 Å². The van der Waals surface area contributed by atoms with Crippen molar-refractivity contribution in [3.8, 4) is 0 Å². The van der Waals surface area contributed by atoms with Crippen LogP contribution in [0.3, 0.4) is 0 Å². The molecule has 4 heteroatoms. The normalized spacial score (nSPS) is 11.0. The van der Waals surface area contributed by atoms with E-state index in [1.807, 2.05) is 55.5 Å². The van der Waals surface area contributed by atoms with Crippen LogP contribution in [0.1, 0.15) is 20.3 Å². The van der Waals surface area contributed by atoms with E-state index in [1.165, 1.54) is 0 Å². The Bertz CT molecular complexity index is 618. The number of nitrogens with zero attached hydrogens (tertiary/aromatic N) is 1. The predicted octanol–water partition coefficient (Wildman–Crippen LogP) is 4.12. The first kappa shape index (κ1) is 14.8. The molecule has 0 radical (unpaired) electrons. The highest BCUT2D eigenvalue weighted by atomic mass is 16.1. The van der Waals surface area contributed by atoms with Crippen LogP contribution in [0.5, 0.6) is 0 Å². The Morgan fingerprint density at radius 1 is 1.14 bits per heavy atom. The molecule has 108 valence electrons. The number of pyridine rings is 1. The van der Waals surface area contributed by atoms with Crippen molar-refractivity contribution in [2.45, 2.75) is 20.3 Å². The molecule has 1 aromatic carbocycles. The molecule has 2 aromatic rings. The first-order valence-electron chi connectivity index (χ1n) is 6.95. The van der Waals surface area contributed by atoms with Crippen molar-refractivity contribution in [3.63, 3.8) is 0 Å². The number of para-hydroxylation sites is 1. The fourth-order valence-electron chi connectivity index (χ4n) is 1.84. The maximum atomic E-state index is 11.9. The molecule has 0 saturated heterocycles. The van der Waals surface area contributed by atoms with Gasteiger partial charge in [0, 0.05) is 11.3 Å². The van der Waals surface area contributed by atoms with Gasteiger partial charge in [-0.05, 0) is 37.6 Å². The van der Waals surface area contributed by atoms with Crippen LogP contribution in [0.2, 0.25) is 0 Å². The third-order valence-electron chi connectivity index (χ3n) is 2.94. The van der Waals surface area contributed by atoms with Crippen molar-refractivity contribution >= 4 is 23.1 Å². The summed E-state index contributed by atoms with van der Waals surface area (Å²) in [6, 6.07) is 13.5. The molecule has 0 unspecified atom stereocenters. The largest absolute Gasteiger partial charge is 0.340 e. The monoisotopic (exact) mass is 281 g/mol. The summed E-state index contributed by atoms with van der Waals surface area (Å²) >= 11 is 0. The van der Waals surface area contributed by atoms with Crippen LogP contribution < -0.4 is 10.6 Å². The minimum absolute atomic E-state index is 0.0950. The summed E-state index contributed by atoms with van der Waals surface area (Å²) in [6.07, 6.45) is 4.38. The van der Waals surface area contributed by atoms with Gasteiger partial charge in [0.05, 0.1) is 11.9 Å². The lowest BCUT2D eigenvalue weighted by Crippen LogP contribution is -2.12. The van der Waals surface area contributed by atoms with Crippen molar-refractivity contribution in [2.24, 2.45) is 0 Å². The summed E-state index contributed by atoms with van der Waals surface area (Å²) in [7, 11) is 0. The van der Waals surface area contributed by atoms with Gasteiger partial charge in [-0.15, -0.1) is 0 Å². The van der Waals surface area contributed by atoms with Gasteiger partial charge in [-0.3, -0.25) is 4.79 Å². The fraction of sp³-hybridized carbons (Fsp3) is 0.176. The molecule has 0 fully saturated rings. The Balaban J connectivity index is 1.99. The molecular formula is C17H19N3O. The minimum atomic E-state index is -0.0950. The average Bonchev–Trinajstić information content (AvgIpc) is 2.50. The minimum Gasteiger partial charge on any atom is -0.340 e. The van der Waals surface area contributed by atoms with Gasteiger partial charge in [-0.2, -0.15) is 0 Å². The molecule has 0 aliphatic carbocycles. The van der Waals surface area contributed by atoms with Crippen molar-refractivity contribution in [3.05, 3.63) is 60.3 Å². The van der Waals surface area contributed by atoms with Gasteiger partial charge < -0.3 is 10.6 Å². The Kier molecular flexibility index (Phi) is 5.10. The zero-order chi connectivity index (χ0) is 15.1. The predicted molar refractivity (Wildman–Crippen MR) is 86.6 cm³/mol. The van der Waals surface area contributed by atoms with Crippen LogP contribution in [-0.2, 0) is 4.79 Å². The Hall–Kier alpha value is -2.62. The molecule has 21 heavy (non-hydrogen) atoms. The maximum absolute atomic E-state index is 11.9. The highest BCUT2D eigenvalue weighted by molar-refractivity contribution is 6.03. The number of hydrogen-bond acceptors (Lipinski definition) is 3. The van der Waals surface area contributed by atoms with E-state index in [0.717, 1.165) is 17.9 Å². The molecule has 0 spiro atoms. The molecule has 0 saturated carbocycles. The number of nitrogens with one attached hydrogen (secondary N) is 2. The Morgan fingerprint density at radius 3 is 2.52 bits per heavy atom. The van der Waals surface area contributed by atoms with Crippen LogP contribution in [0.4, 0.5) is 17.2 Å². The van der Waals surface area contributed by atoms with E-state index < -0.39 is 0 Å². The number of allylic oxidation sites excluding steroid dienone is 1. The van der Waals surface area contributed by atoms with E-state index >= 15 is 0 Å². The van der Waals surface area contributed by atoms with Gasteiger partial charge in [0.1, 0.15) is 5.82 Å². The number of carbonyl (C=O) groups excluding carboxylic acids is 1. The first-order valence-corrected chi connectivity index (χ1v) is 6.95. The standard InChI is InChI=1S/C17H19N3O/c1-3-7-13(2)17(21)20-15-10-11-16(18-12-15)19-14-8-5-4-6-9-14/h4-12H,3H2,1-2H3,(H,18,19)(H,20,21)/b13-7-. The highest BCUT2D eigenvalue weighted by Crippen LogP contribution is 2.16. The molecular weight excluding hydrogens is 262 g/mol. The van der Waals surface area contributed by atoms with Crippen LogP contribution >= 0.6 is 0 Å². The summed E-state index contributed by atoms with van der Waals surface area (Å²) < 4.78 is 0. The fourth-order valence-corrected chi connectivity index (χ4v) is 1.84. The molecule has 2 N–H and O–H groups in total.